The van der Waals surface area contributed by atoms with Gasteiger partial charge >= 0.3 is 0 Å². The summed E-state index contributed by atoms with van der Waals surface area (Å²) in [5, 5.41) is 10.2. The first-order valence-electron chi connectivity index (χ1n) is 9.48. The lowest BCUT2D eigenvalue weighted by Crippen LogP contribution is -2.21. The topological polar surface area (TPSA) is 111 Å². The van der Waals surface area contributed by atoms with E-state index in [0.29, 0.717) is 17.1 Å². The van der Waals surface area contributed by atoms with Crippen LogP contribution in [0.15, 0.2) is 36.4 Å². The van der Waals surface area contributed by atoms with Crippen LogP contribution >= 0.6 is 11.5 Å². The van der Waals surface area contributed by atoms with Crippen LogP contribution in [0.4, 0.5) is 0 Å². The van der Waals surface area contributed by atoms with Crippen LogP contribution in [-0.4, -0.2) is 24.2 Å². The molecular weight excluding hydrogens is 420 g/mol. The summed E-state index contributed by atoms with van der Waals surface area (Å²) in [6.07, 6.45) is 1.47. The highest BCUT2D eigenvalue weighted by atomic mass is 32.2. The van der Waals surface area contributed by atoms with Crippen molar-refractivity contribution in [2.24, 2.45) is 0 Å². The second-order valence-electron chi connectivity index (χ2n) is 7.23. The number of rotatable bonds is 6. The molecule has 0 aliphatic heterocycles. The van der Waals surface area contributed by atoms with Crippen molar-refractivity contribution < 1.29 is 13.5 Å². The van der Waals surface area contributed by atoms with Crippen LogP contribution in [-0.2, 0) is 17.7 Å². The van der Waals surface area contributed by atoms with Crippen LogP contribution in [0.25, 0.3) is 22.0 Å². The van der Waals surface area contributed by atoms with Crippen molar-refractivity contribution in [2.75, 3.05) is 0 Å². The molecule has 1 heterocycles. The zero-order valence-corrected chi connectivity index (χ0v) is 18.0. The quantitative estimate of drug-likeness (QED) is 0.583. The van der Waals surface area contributed by atoms with Crippen LogP contribution in [0.2, 0.25) is 0 Å². The van der Waals surface area contributed by atoms with Gasteiger partial charge in [0.25, 0.3) is 0 Å². The highest BCUT2D eigenvalue weighted by Crippen LogP contribution is 2.39. The molecule has 0 saturated carbocycles. The van der Waals surface area contributed by atoms with Crippen LogP contribution in [0.5, 0.6) is 5.75 Å². The van der Waals surface area contributed by atoms with Gasteiger partial charge in [-0.1, -0.05) is 18.2 Å². The molecule has 154 valence electrons. The highest BCUT2D eigenvalue weighted by molar-refractivity contribution is 7.77. The second kappa shape index (κ2) is 8.62. The smallest absolute Gasteiger partial charge is 0.173 e. The number of benzene rings is 2. The normalized spacial score (nSPS) is 16.3. The first-order chi connectivity index (χ1) is 14.5. The van der Waals surface area contributed by atoms with Gasteiger partial charge in [-0.2, -0.15) is 9.64 Å². The van der Waals surface area contributed by atoms with Gasteiger partial charge < -0.3 is 9.29 Å². The summed E-state index contributed by atoms with van der Waals surface area (Å²) in [4.78, 5) is 4.70. The fraction of sp³-hybridized carbons (Fsp3) is 0.286. The monoisotopic (exact) mass is 439 g/mol. The third-order valence-electron chi connectivity index (χ3n) is 4.89. The summed E-state index contributed by atoms with van der Waals surface area (Å²) in [6.45, 7) is 3.83. The SMILES string of the molecule is CC(C)Oc1ccc(-c2nsc(-c3cccc4c3CC[C@@H]4NS(=O)[O-])n2)cc1C#N. The third-order valence-corrected chi connectivity index (χ3v) is 6.11. The lowest BCUT2D eigenvalue weighted by atomic mass is 10.0. The maximum atomic E-state index is 11.1. The Morgan fingerprint density at radius 2 is 2.20 bits per heavy atom. The third kappa shape index (κ3) is 4.13. The zero-order valence-electron chi connectivity index (χ0n) is 16.4. The lowest BCUT2D eigenvalue weighted by Gasteiger charge is -2.15. The molecule has 0 radical (unpaired) electrons. The van der Waals surface area contributed by atoms with Crippen LogP contribution < -0.4 is 9.46 Å². The lowest BCUT2D eigenvalue weighted by molar-refractivity contribution is 0.242. The number of nitrogens with zero attached hydrogens (tertiary/aromatic N) is 3. The number of hydrogen-bond acceptors (Lipinski definition) is 7. The molecule has 1 aliphatic rings. The Hall–Kier alpha value is -2.64. The average Bonchev–Trinajstić information content (AvgIpc) is 3.35. The molecule has 30 heavy (non-hydrogen) atoms. The van der Waals surface area contributed by atoms with Gasteiger partial charge in [0.15, 0.2) is 5.82 Å². The molecule has 2 aromatic carbocycles. The Balaban J connectivity index is 1.66. The summed E-state index contributed by atoms with van der Waals surface area (Å²) in [5.41, 5.74) is 4.24. The van der Waals surface area contributed by atoms with Crippen molar-refractivity contribution >= 4 is 22.8 Å². The molecule has 4 rings (SSSR count). The molecule has 9 heteroatoms. The summed E-state index contributed by atoms with van der Waals surface area (Å²) >= 11 is -1.02. The zero-order chi connectivity index (χ0) is 21.3. The summed E-state index contributed by atoms with van der Waals surface area (Å²) in [5.74, 6) is 1.09. The highest BCUT2D eigenvalue weighted by Gasteiger charge is 2.26. The van der Waals surface area contributed by atoms with Crippen LogP contribution in [0, 0.1) is 11.3 Å². The van der Waals surface area contributed by atoms with Gasteiger partial charge in [-0.3, -0.25) is 4.21 Å². The van der Waals surface area contributed by atoms with E-state index in [9.17, 15) is 14.0 Å². The average molecular weight is 440 g/mol. The Morgan fingerprint density at radius 1 is 1.37 bits per heavy atom. The fourth-order valence-electron chi connectivity index (χ4n) is 3.66. The number of nitrogens with one attached hydrogen (secondary N) is 1. The predicted molar refractivity (Wildman–Crippen MR) is 114 cm³/mol. The van der Waals surface area contributed by atoms with Gasteiger partial charge in [0.05, 0.1) is 11.7 Å². The van der Waals surface area contributed by atoms with Crippen molar-refractivity contribution in [1.82, 2.24) is 14.1 Å². The van der Waals surface area contributed by atoms with E-state index in [1.807, 2.05) is 38.1 Å². The van der Waals surface area contributed by atoms with E-state index in [2.05, 4.69) is 15.2 Å². The molecule has 3 aromatic rings. The molecule has 1 unspecified atom stereocenters. The molecule has 0 bridgehead atoms. The van der Waals surface area contributed by atoms with E-state index in [-0.39, 0.29) is 12.1 Å². The summed E-state index contributed by atoms with van der Waals surface area (Å²) < 4.78 is 34.9. The predicted octanol–water partition coefficient (Wildman–Crippen LogP) is 3.90. The van der Waals surface area contributed by atoms with Crippen molar-refractivity contribution in [1.29, 1.82) is 5.26 Å². The van der Waals surface area contributed by atoms with E-state index >= 15 is 0 Å². The maximum absolute atomic E-state index is 11.1. The number of nitriles is 1. The summed E-state index contributed by atoms with van der Waals surface area (Å²) in [6, 6.07) is 13.2. The first-order valence-corrected chi connectivity index (χ1v) is 11.3. The minimum Gasteiger partial charge on any atom is -0.760 e. The molecule has 1 aromatic heterocycles. The van der Waals surface area contributed by atoms with Gasteiger partial charge in [0, 0.05) is 28.4 Å². The molecule has 1 aliphatic carbocycles. The maximum Gasteiger partial charge on any atom is 0.173 e. The van der Waals surface area contributed by atoms with Crippen LogP contribution in [0.3, 0.4) is 0 Å². The molecular formula is C21H19N4O3S2-. The fourth-order valence-corrected chi connectivity index (χ4v) is 4.87. The van der Waals surface area contributed by atoms with Gasteiger partial charge in [-0.05, 0) is 67.5 Å². The molecule has 0 spiro atoms. The molecule has 2 atom stereocenters. The van der Waals surface area contributed by atoms with Crippen molar-refractivity contribution in [3.8, 4) is 33.8 Å². The number of hydrogen-bond donors (Lipinski definition) is 1. The second-order valence-corrected chi connectivity index (χ2v) is 8.69. The van der Waals surface area contributed by atoms with Crippen molar-refractivity contribution in [2.45, 2.75) is 38.8 Å². The largest absolute Gasteiger partial charge is 0.760 e. The van der Waals surface area contributed by atoms with Gasteiger partial charge in [0.1, 0.15) is 16.8 Å². The van der Waals surface area contributed by atoms with E-state index in [4.69, 9.17) is 9.72 Å². The first kappa shape index (κ1) is 20.6. The molecule has 0 saturated heterocycles. The molecule has 0 amide bonds. The summed E-state index contributed by atoms with van der Waals surface area (Å²) in [7, 11) is 0. The van der Waals surface area contributed by atoms with Crippen molar-refractivity contribution in [3.63, 3.8) is 0 Å². The van der Waals surface area contributed by atoms with E-state index < -0.39 is 11.3 Å². The van der Waals surface area contributed by atoms with E-state index in [1.54, 1.807) is 12.1 Å². The minimum atomic E-state index is -2.31. The molecule has 0 fully saturated rings. The standard InChI is InChI=1S/C21H20N4O3S2/c1-12(2)28-19-9-6-13(10-14(19)11-22)20-23-21(29-24-20)17-5-3-4-16-15(17)7-8-18(16)25-30(26)27/h3-6,9-10,12,18,25H,7-8H2,1-2H3,(H,26,27)/p-1/t18-/m0/s1. The Labute approximate surface area is 181 Å². The van der Waals surface area contributed by atoms with Gasteiger partial charge in [-0.25, -0.2) is 9.71 Å². The Bertz CT molecular complexity index is 1150. The van der Waals surface area contributed by atoms with Gasteiger partial charge in [-0.15, -0.1) is 0 Å². The van der Waals surface area contributed by atoms with E-state index in [1.165, 1.54) is 11.5 Å². The van der Waals surface area contributed by atoms with Crippen molar-refractivity contribution in [3.05, 3.63) is 53.1 Å². The Kier molecular flexibility index (Phi) is 5.92. The van der Waals surface area contributed by atoms with Crippen LogP contribution in [0.1, 0.15) is 43.0 Å². The number of ether oxygens (including phenoxy) is 1. The molecule has 1 N–H and O–H groups in total. The minimum absolute atomic E-state index is 0.0236. The Morgan fingerprint density at radius 3 is 2.93 bits per heavy atom. The number of aromatic nitrogens is 2. The van der Waals surface area contributed by atoms with E-state index in [0.717, 1.165) is 40.1 Å². The molecule has 7 nitrogen and oxygen atoms in total. The van der Waals surface area contributed by atoms with Gasteiger partial charge in [0.2, 0.25) is 0 Å². The number of fused-ring (bicyclic) bond motifs is 1.